The highest BCUT2D eigenvalue weighted by Gasteiger charge is 2.22. The van der Waals surface area contributed by atoms with Gasteiger partial charge in [0.15, 0.2) is 21.4 Å². The molecule has 0 radical (unpaired) electrons. The van der Waals surface area contributed by atoms with Crippen molar-refractivity contribution in [2.24, 2.45) is 0 Å². The largest absolute Gasteiger partial charge is 0.448 e. The number of rotatable bonds is 5. The summed E-state index contributed by atoms with van der Waals surface area (Å²) in [7, 11) is -3.25. The molecular weight excluding hydrogens is 356 g/mol. The van der Waals surface area contributed by atoms with Crippen molar-refractivity contribution in [1.29, 1.82) is 0 Å². The molecule has 0 aliphatic carbocycles. The molecule has 1 saturated heterocycles. The topological polar surface area (TPSA) is 98.5 Å². The van der Waals surface area contributed by atoms with Crippen LogP contribution in [0.4, 0.5) is 0 Å². The van der Waals surface area contributed by atoms with Crippen LogP contribution in [-0.2, 0) is 21.1 Å². The molecule has 1 N–H and O–H groups in total. The van der Waals surface area contributed by atoms with Crippen LogP contribution in [0.5, 0.6) is 0 Å². The molecule has 140 valence electrons. The van der Waals surface area contributed by atoms with Crippen LogP contribution in [0.25, 0.3) is 0 Å². The maximum Gasteiger partial charge on any atom is 0.273 e. The summed E-state index contributed by atoms with van der Waals surface area (Å²) in [6.45, 7) is 3.37. The Bertz CT molecular complexity index is 898. The van der Waals surface area contributed by atoms with E-state index < -0.39 is 9.84 Å². The second-order valence-electron chi connectivity index (χ2n) is 6.51. The SMILES string of the molecule is Cc1cc(CNC(=O)c2coc(C3CCOCC3)n2)ccc1S(C)(=O)=O. The molecular formula is C18H22N2O5S. The van der Waals surface area contributed by atoms with Crippen LogP contribution in [0.1, 0.15) is 46.3 Å². The molecule has 1 aromatic heterocycles. The van der Waals surface area contributed by atoms with E-state index in [0.29, 0.717) is 29.6 Å². The van der Waals surface area contributed by atoms with Crippen LogP contribution < -0.4 is 5.32 Å². The quantitative estimate of drug-likeness (QED) is 0.856. The Balaban J connectivity index is 1.62. The normalized spacial score (nSPS) is 15.8. The van der Waals surface area contributed by atoms with Crippen LogP contribution in [0.2, 0.25) is 0 Å². The molecule has 1 amide bonds. The van der Waals surface area contributed by atoms with Gasteiger partial charge in [0.1, 0.15) is 6.26 Å². The van der Waals surface area contributed by atoms with Gasteiger partial charge in [0.05, 0.1) is 4.90 Å². The molecule has 0 unspecified atom stereocenters. The van der Waals surface area contributed by atoms with E-state index in [4.69, 9.17) is 9.15 Å². The summed E-state index contributed by atoms with van der Waals surface area (Å²) < 4.78 is 34.1. The molecule has 1 aromatic carbocycles. The fourth-order valence-corrected chi connectivity index (χ4v) is 3.99. The number of hydrogen-bond acceptors (Lipinski definition) is 6. The van der Waals surface area contributed by atoms with E-state index in [2.05, 4.69) is 10.3 Å². The van der Waals surface area contributed by atoms with Gasteiger partial charge in [-0.25, -0.2) is 13.4 Å². The summed E-state index contributed by atoms with van der Waals surface area (Å²) in [5.41, 5.74) is 1.72. The molecule has 3 rings (SSSR count). The van der Waals surface area contributed by atoms with Gasteiger partial charge in [0.2, 0.25) is 0 Å². The van der Waals surface area contributed by atoms with E-state index >= 15 is 0 Å². The van der Waals surface area contributed by atoms with Crippen molar-refractivity contribution in [3.63, 3.8) is 0 Å². The van der Waals surface area contributed by atoms with E-state index in [-0.39, 0.29) is 24.1 Å². The van der Waals surface area contributed by atoms with Gasteiger partial charge in [-0.15, -0.1) is 0 Å². The Morgan fingerprint density at radius 1 is 1.31 bits per heavy atom. The Morgan fingerprint density at radius 2 is 2.04 bits per heavy atom. The van der Waals surface area contributed by atoms with Gasteiger partial charge in [-0.2, -0.15) is 0 Å². The van der Waals surface area contributed by atoms with Crippen molar-refractivity contribution >= 4 is 15.7 Å². The highest BCUT2D eigenvalue weighted by atomic mass is 32.2. The second-order valence-corrected chi connectivity index (χ2v) is 8.50. The minimum Gasteiger partial charge on any atom is -0.448 e. The fourth-order valence-electron chi connectivity index (χ4n) is 3.03. The van der Waals surface area contributed by atoms with Crippen molar-refractivity contribution < 1.29 is 22.4 Å². The number of carbonyl (C=O) groups is 1. The third-order valence-electron chi connectivity index (χ3n) is 4.42. The first-order chi connectivity index (χ1) is 12.3. The summed E-state index contributed by atoms with van der Waals surface area (Å²) in [6.07, 6.45) is 4.23. The van der Waals surface area contributed by atoms with E-state index in [9.17, 15) is 13.2 Å². The molecule has 0 bridgehead atoms. The number of nitrogens with zero attached hydrogens (tertiary/aromatic N) is 1. The number of benzene rings is 1. The molecule has 0 spiro atoms. The highest BCUT2D eigenvalue weighted by Crippen LogP contribution is 2.26. The van der Waals surface area contributed by atoms with Gasteiger partial charge in [0, 0.05) is 31.9 Å². The van der Waals surface area contributed by atoms with Crippen LogP contribution in [0.3, 0.4) is 0 Å². The molecule has 8 heteroatoms. The molecule has 26 heavy (non-hydrogen) atoms. The Labute approximate surface area is 152 Å². The van der Waals surface area contributed by atoms with Gasteiger partial charge in [0.25, 0.3) is 5.91 Å². The minimum absolute atomic E-state index is 0.191. The summed E-state index contributed by atoms with van der Waals surface area (Å²) in [6, 6.07) is 5.01. The highest BCUT2D eigenvalue weighted by molar-refractivity contribution is 7.90. The zero-order valence-electron chi connectivity index (χ0n) is 14.8. The lowest BCUT2D eigenvalue weighted by atomic mass is 10.0. The second kappa shape index (κ2) is 7.59. The number of hydrogen-bond donors (Lipinski definition) is 1. The third-order valence-corrected chi connectivity index (χ3v) is 5.67. The smallest absolute Gasteiger partial charge is 0.273 e. The van der Waals surface area contributed by atoms with Crippen LogP contribution in [-0.4, -0.2) is 38.8 Å². The summed E-state index contributed by atoms with van der Waals surface area (Å²) in [5.74, 6) is 0.445. The van der Waals surface area contributed by atoms with Gasteiger partial charge < -0.3 is 14.5 Å². The van der Waals surface area contributed by atoms with E-state index in [1.54, 1.807) is 25.1 Å². The van der Waals surface area contributed by atoms with E-state index in [0.717, 1.165) is 18.4 Å². The number of sulfone groups is 1. The first kappa shape index (κ1) is 18.6. The zero-order valence-corrected chi connectivity index (χ0v) is 15.6. The number of amides is 1. The van der Waals surface area contributed by atoms with Gasteiger partial charge in [-0.3, -0.25) is 4.79 Å². The van der Waals surface area contributed by atoms with Crippen molar-refractivity contribution in [1.82, 2.24) is 10.3 Å². The summed E-state index contributed by atoms with van der Waals surface area (Å²) in [4.78, 5) is 16.9. The number of carbonyl (C=O) groups excluding carboxylic acids is 1. The maximum absolute atomic E-state index is 12.3. The summed E-state index contributed by atoms with van der Waals surface area (Å²) in [5, 5.41) is 2.78. The number of aryl methyl sites for hydroxylation is 1. The molecule has 0 atom stereocenters. The lowest BCUT2D eigenvalue weighted by Gasteiger charge is -2.18. The lowest BCUT2D eigenvalue weighted by Crippen LogP contribution is -2.23. The maximum atomic E-state index is 12.3. The molecule has 1 aliphatic rings. The lowest BCUT2D eigenvalue weighted by molar-refractivity contribution is 0.0794. The first-order valence-corrected chi connectivity index (χ1v) is 10.3. The third kappa shape index (κ3) is 4.31. The first-order valence-electron chi connectivity index (χ1n) is 8.45. The Morgan fingerprint density at radius 3 is 2.69 bits per heavy atom. The van der Waals surface area contributed by atoms with Crippen LogP contribution in [0, 0.1) is 6.92 Å². The molecule has 2 aromatic rings. The van der Waals surface area contributed by atoms with Crippen molar-refractivity contribution in [3.05, 3.63) is 47.2 Å². The van der Waals surface area contributed by atoms with Crippen molar-refractivity contribution in [3.8, 4) is 0 Å². The molecule has 1 aliphatic heterocycles. The van der Waals surface area contributed by atoms with Gasteiger partial charge >= 0.3 is 0 Å². The van der Waals surface area contributed by atoms with Crippen LogP contribution >= 0.6 is 0 Å². The molecule has 0 saturated carbocycles. The molecule has 7 nitrogen and oxygen atoms in total. The monoisotopic (exact) mass is 378 g/mol. The molecule has 1 fully saturated rings. The number of oxazole rings is 1. The number of aromatic nitrogens is 1. The average molecular weight is 378 g/mol. The van der Waals surface area contributed by atoms with Crippen molar-refractivity contribution in [2.45, 2.75) is 37.1 Å². The Hall–Kier alpha value is -2.19. The van der Waals surface area contributed by atoms with E-state index in [1.165, 1.54) is 12.5 Å². The predicted molar refractivity (Wildman–Crippen MR) is 94.8 cm³/mol. The standard InChI is InChI=1S/C18H22N2O5S/c1-12-9-13(3-4-16(12)26(2,22)23)10-19-17(21)15-11-25-18(20-15)14-5-7-24-8-6-14/h3-4,9,11,14H,5-8,10H2,1-2H3,(H,19,21). The van der Waals surface area contributed by atoms with Crippen molar-refractivity contribution in [2.75, 3.05) is 19.5 Å². The van der Waals surface area contributed by atoms with Crippen LogP contribution in [0.15, 0.2) is 33.8 Å². The van der Waals surface area contributed by atoms with Gasteiger partial charge in [-0.1, -0.05) is 12.1 Å². The Kier molecular flexibility index (Phi) is 5.43. The minimum atomic E-state index is -3.25. The summed E-state index contributed by atoms with van der Waals surface area (Å²) >= 11 is 0. The molecule has 2 heterocycles. The zero-order chi connectivity index (χ0) is 18.7. The van der Waals surface area contributed by atoms with E-state index in [1.807, 2.05) is 0 Å². The fraction of sp³-hybridized carbons (Fsp3) is 0.444. The number of ether oxygens (including phenoxy) is 1. The average Bonchev–Trinajstić information content (AvgIpc) is 3.09. The van der Waals surface area contributed by atoms with Gasteiger partial charge in [-0.05, 0) is 37.0 Å². The number of nitrogens with one attached hydrogen (secondary N) is 1. The predicted octanol–water partition coefficient (Wildman–Crippen LogP) is 2.21.